The van der Waals surface area contributed by atoms with Crippen LogP contribution in [0.15, 0.2) is 0 Å². The fourth-order valence-electron chi connectivity index (χ4n) is 1.40. The summed E-state index contributed by atoms with van der Waals surface area (Å²) in [6.45, 7) is 12.5. The summed E-state index contributed by atoms with van der Waals surface area (Å²) in [4.78, 5) is 22.7. The van der Waals surface area contributed by atoms with Crippen LogP contribution in [0.5, 0.6) is 0 Å². The Balaban J connectivity index is 4.44. The van der Waals surface area contributed by atoms with E-state index in [1.165, 1.54) is 0 Å². The first-order chi connectivity index (χ1) is 8.48. The zero-order valence-corrected chi connectivity index (χ0v) is 13.0. The first-order valence-corrected chi connectivity index (χ1v) is 6.74. The van der Waals surface area contributed by atoms with E-state index in [1.807, 2.05) is 20.8 Å². The molecule has 0 heterocycles. The molecule has 5 nitrogen and oxygen atoms in total. The summed E-state index contributed by atoms with van der Waals surface area (Å²) in [6, 6.07) is -0.697. The zero-order chi connectivity index (χ0) is 15.3. The smallest absolute Gasteiger partial charge is 0.315 e. The maximum atomic E-state index is 11.8. The zero-order valence-electron chi connectivity index (χ0n) is 13.0. The molecule has 0 saturated carbocycles. The third kappa shape index (κ3) is 7.70. The van der Waals surface area contributed by atoms with Crippen molar-refractivity contribution in [3.63, 3.8) is 0 Å². The summed E-state index contributed by atoms with van der Waals surface area (Å²) in [7, 11) is 0. The highest BCUT2D eigenvalue weighted by molar-refractivity contribution is 5.75. The summed E-state index contributed by atoms with van der Waals surface area (Å²) in [6.07, 6.45) is 0.888. The number of rotatable bonds is 6. The number of hydrogen-bond donors (Lipinski definition) is 3. The van der Waals surface area contributed by atoms with E-state index >= 15 is 0 Å². The standard InChI is InChI=1S/C14H28N2O3/c1-7-14(5,6)9-15-12(19)16-10(8-11(17)18)13(2,3)4/h10H,7-9H2,1-6H3,(H,17,18)(H2,15,16,19). The molecule has 0 fully saturated rings. The van der Waals surface area contributed by atoms with Crippen molar-refractivity contribution in [1.82, 2.24) is 10.6 Å². The van der Waals surface area contributed by atoms with Crippen molar-refractivity contribution in [3.05, 3.63) is 0 Å². The molecule has 0 saturated heterocycles. The molecule has 19 heavy (non-hydrogen) atoms. The van der Waals surface area contributed by atoms with E-state index in [0.717, 1.165) is 6.42 Å². The van der Waals surface area contributed by atoms with Crippen molar-refractivity contribution in [1.29, 1.82) is 0 Å². The largest absolute Gasteiger partial charge is 0.481 e. The van der Waals surface area contributed by atoms with Crippen LogP contribution in [0.25, 0.3) is 0 Å². The number of aliphatic carboxylic acids is 1. The van der Waals surface area contributed by atoms with Crippen LogP contribution in [0, 0.1) is 10.8 Å². The Morgan fingerprint density at radius 2 is 1.68 bits per heavy atom. The third-order valence-electron chi connectivity index (χ3n) is 3.41. The molecular weight excluding hydrogens is 244 g/mol. The van der Waals surface area contributed by atoms with E-state index < -0.39 is 12.0 Å². The van der Waals surface area contributed by atoms with Gasteiger partial charge in [0.1, 0.15) is 0 Å². The molecule has 5 heteroatoms. The Kier molecular flexibility index (Phi) is 6.33. The molecule has 0 rings (SSSR count). The van der Waals surface area contributed by atoms with Gasteiger partial charge in [-0.2, -0.15) is 0 Å². The topological polar surface area (TPSA) is 78.4 Å². The first kappa shape index (κ1) is 17.7. The summed E-state index contributed by atoms with van der Waals surface area (Å²) in [5.74, 6) is -0.908. The van der Waals surface area contributed by atoms with Gasteiger partial charge in [-0.25, -0.2) is 4.79 Å². The van der Waals surface area contributed by atoms with Crippen molar-refractivity contribution in [2.24, 2.45) is 10.8 Å². The summed E-state index contributed by atoms with van der Waals surface area (Å²) in [5, 5.41) is 14.4. The van der Waals surface area contributed by atoms with Gasteiger partial charge in [-0.15, -0.1) is 0 Å². The maximum Gasteiger partial charge on any atom is 0.315 e. The number of carboxylic acid groups (broad SMARTS) is 1. The van der Waals surface area contributed by atoms with Crippen LogP contribution in [0.3, 0.4) is 0 Å². The number of carbonyl (C=O) groups excluding carboxylic acids is 1. The Morgan fingerprint density at radius 1 is 1.16 bits per heavy atom. The van der Waals surface area contributed by atoms with Gasteiger partial charge in [0.05, 0.1) is 6.42 Å². The molecule has 0 aromatic heterocycles. The van der Waals surface area contributed by atoms with Gasteiger partial charge in [0.15, 0.2) is 0 Å². The van der Waals surface area contributed by atoms with Crippen molar-refractivity contribution >= 4 is 12.0 Å². The van der Waals surface area contributed by atoms with Gasteiger partial charge in [0.2, 0.25) is 0 Å². The average molecular weight is 272 g/mol. The minimum absolute atomic E-state index is 0.0430. The predicted molar refractivity (Wildman–Crippen MR) is 76.1 cm³/mol. The quantitative estimate of drug-likeness (QED) is 0.695. The summed E-state index contributed by atoms with van der Waals surface area (Å²) in [5.41, 5.74) is -0.253. The number of nitrogens with one attached hydrogen (secondary N) is 2. The van der Waals surface area contributed by atoms with Crippen LogP contribution >= 0.6 is 0 Å². The van der Waals surface area contributed by atoms with Gasteiger partial charge < -0.3 is 15.7 Å². The van der Waals surface area contributed by atoms with Gasteiger partial charge in [-0.3, -0.25) is 4.79 Å². The summed E-state index contributed by atoms with van der Waals surface area (Å²) >= 11 is 0. The van der Waals surface area contributed by atoms with Gasteiger partial charge in [-0.1, -0.05) is 41.5 Å². The molecule has 1 unspecified atom stereocenters. The molecule has 0 radical (unpaired) electrons. The van der Waals surface area contributed by atoms with Gasteiger partial charge in [0, 0.05) is 12.6 Å². The van der Waals surface area contributed by atoms with E-state index in [1.54, 1.807) is 0 Å². The highest BCUT2D eigenvalue weighted by Gasteiger charge is 2.28. The number of urea groups is 1. The first-order valence-electron chi connectivity index (χ1n) is 6.74. The van der Waals surface area contributed by atoms with E-state index in [4.69, 9.17) is 5.11 Å². The minimum atomic E-state index is -0.908. The monoisotopic (exact) mass is 272 g/mol. The SMILES string of the molecule is CCC(C)(C)CNC(=O)NC(CC(=O)O)C(C)(C)C. The second-order valence-electron chi connectivity index (χ2n) is 6.86. The molecule has 0 spiro atoms. The molecule has 112 valence electrons. The molecule has 0 aliphatic carbocycles. The van der Waals surface area contributed by atoms with E-state index in [9.17, 15) is 9.59 Å². The number of carbonyl (C=O) groups is 2. The molecule has 0 aliphatic heterocycles. The van der Waals surface area contributed by atoms with Crippen LogP contribution in [0.4, 0.5) is 4.79 Å². The fourth-order valence-corrected chi connectivity index (χ4v) is 1.40. The minimum Gasteiger partial charge on any atom is -0.481 e. The Morgan fingerprint density at radius 3 is 2.05 bits per heavy atom. The molecule has 1 atom stereocenters. The van der Waals surface area contributed by atoms with Gasteiger partial charge >= 0.3 is 12.0 Å². The van der Waals surface area contributed by atoms with Crippen LogP contribution < -0.4 is 10.6 Å². The fraction of sp³-hybridized carbons (Fsp3) is 0.857. The van der Waals surface area contributed by atoms with Crippen molar-refractivity contribution in [3.8, 4) is 0 Å². The molecule has 2 amide bonds. The lowest BCUT2D eigenvalue weighted by molar-refractivity contribution is -0.138. The van der Waals surface area contributed by atoms with Crippen LogP contribution in [0.2, 0.25) is 0 Å². The van der Waals surface area contributed by atoms with Crippen molar-refractivity contribution in [2.45, 2.75) is 60.4 Å². The van der Waals surface area contributed by atoms with E-state index in [0.29, 0.717) is 6.54 Å². The predicted octanol–water partition coefficient (Wildman–Crippen LogP) is 2.61. The molecular formula is C14H28N2O3. The number of hydrogen-bond acceptors (Lipinski definition) is 2. The Labute approximate surface area is 116 Å². The normalized spacial score (nSPS) is 13.8. The molecule has 0 aliphatic rings. The highest BCUT2D eigenvalue weighted by atomic mass is 16.4. The van der Waals surface area contributed by atoms with Gasteiger partial charge in [0.25, 0.3) is 0 Å². The molecule has 0 aromatic carbocycles. The average Bonchev–Trinajstić information content (AvgIpc) is 2.24. The second-order valence-corrected chi connectivity index (χ2v) is 6.86. The second kappa shape index (κ2) is 6.78. The van der Waals surface area contributed by atoms with Crippen LogP contribution in [-0.2, 0) is 4.79 Å². The molecule has 0 aromatic rings. The Bertz CT molecular complexity index is 319. The molecule has 0 bridgehead atoms. The van der Waals surface area contributed by atoms with E-state index in [2.05, 4.69) is 31.4 Å². The lowest BCUT2D eigenvalue weighted by atomic mass is 9.85. The molecule has 3 N–H and O–H groups in total. The van der Waals surface area contributed by atoms with Crippen LogP contribution in [-0.4, -0.2) is 29.7 Å². The Hall–Kier alpha value is -1.26. The summed E-state index contributed by atoms with van der Waals surface area (Å²) < 4.78 is 0. The van der Waals surface area contributed by atoms with Crippen molar-refractivity contribution in [2.75, 3.05) is 6.54 Å². The van der Waals surface area contributed by atoms with Crippen LogP contribution in [0.1, 0.15) is 54.4 Å². The van der Waals surface area contributed by atoms with Crippen molar-refractivity contribution < 1.29 is 14.7 Å². The van der Waals surface area contributed by atoms with Gasteiger partial charge in [-0.05, 0) is 17.3 Å². The lowest BCUT2D eigenvalue weighted by Crippen LogP contribution is -2.50. The number of amides is 2. The van der Waals surface area contributed by atoms with E-state index in [-0.39, 0.29) is 23.3 Å². The highest BCUT2D eigenvalue weighted by Crippen LogP contribution is 2.22. The number of carboxylic acids is 1. The third-order valence-corrected chi connectivity index (χ3v) is 3.41. The maximum absolute atomic E-state index is 11.8. The lowest BCUT2D eigenvalue weighted by Gasteiger charge is -2.31.